The lowest BCUT2D eigenvalue weighted by atomic mass is 10.1. The van der Waals surface area contributed by atoms with Gasteiger partial charge in [-0.1, -0.05) is 0 Å². The van der Waals surface area contributed by atoms with Crippen LogP contribution in [0, 0.1) is 10.1 Å². The number of rotatable bonds is 9. The number of carbonyl (C=O) groups is 2. The van der Waals surface area contributed by atoms with Crippen LogP contribution in [-0.2, 0) is 14.3 Å². The monoisotopic (exact) mass is 379 g/mol. The molecule has 1 fully saturated rings. The number of ether oxygens (including phenoxy) is 2. The molecule has 0 aliphatic carbocycles. The van der Waals surface area contributed by atoms with E-state index in [1.807, 2.05) is 4.90 Å². The number of nitro groups is 1. The molecule has 0 saturated carbocycles. The van der Waals surface area contributed by atoms with Crippen molar-refractivity contribution in [2.24, 2.45) is 0 Å². The molecule has 1 saturated heterocycles. The first-order valence-electron chi connectivity index (χ1n) is 8.95. The third-order valence-corrected chi connectivity index (χ3v) is 4.34. The van der Waals surface area contributed by atoms with Gasteiger partial charge in [-0.3, -0.25) is 19.7 Å². The summed E-state index contributed by atoms with van der Waals surface area (Å²) in [6, 6.07) is 4.45. The highest BCUT2D eigenvalue weighted by molar-refractivity contribution is 5.97. The van der Waals surface area contributed by atoms with E-state index in [0.717, 1.165) is 25.9 Å². The van der Waals surface area contributed by atoms with Crippen molar-refractivity contribution in [3.63, 3.8) is 0 Å². The molecule has 1 amide bonds. The highest BCUT2D eigenvalue weighted by atomic mass is 16.6. The van der Waals surface area contributed by atoms with Crippen molar-refractivity contribution in [2.45, 2.75) is 19.8 Å². The average molecular weight is 379 g/mol. The van der Waals surface area contributed by atoms with Crippen molar-refractivity contribution in [1.29, 1.82) is 0 Å². The fourth-order valence-corrected chi connectivity index (χ4v) is 3.03. The van der Waals surface area contributed by atoms with Crippen LogP contribution in [0.3, 0.4) is 0 Å². The predicted octanol–water partition coefficient (Wildman–Crippen LogP) is 1.85. The lowest BCUT2D eigenvalue weighted by Gasteiger charge is -2.22. The summed E-state index contributed by atoms with van der Waals surface area (Å²) in [6.45, 7) is 3.58. The minimum absolute atomic E-state index is 0.106. The molecule has 0 aromatic heterocycles. The Morgan fingerprint density at radius 3 is 2.59 bits per heavy atom. The molecule has 27 heavy (non-hydrogen) atoms. The normalized spacial score (nSPS) is 13.5. The highest BCUT2D eigenvalue weighted by Crippen LogP contribution is 2.32. The lowest BCUT2D eigenvalue weighted by molar-refractivity contribution is -0.384. The molecular formula is C18H25N3O6. The molecule has 1 heterocycles. The Balaban J connectivity index is 2.26. The summed E-state index contributed by atoms with van der Waals surface area (Å²) < 4.78 is 9.89. The van der Waals surface area contributed by atoms with Gasteiger partial charge in [-0.25, -0.2) is 0 Å². The fraction of sp³-hybridized carbons (Fsp3) is 0.556. The van der Waals surface area contributed by atoms with Crippen LogP contribution in [0.4, 0.5) is 11.4 Å². The van der Waals surface area contributed by atoms with Crippen molar-refractivity contribution in [1.82, 2.24) is 4.90 Å². The Bertz CT molecular complexity index is 688. The lowest BCUT2D eigenvalue weighted by Crippen LogP contribution is -2.38. The zero-order valence-electron chi connectivity index (χ0n) is 15.7. The van der Waals surface area contributed by atoms with Crippen LogP contribution in [0.1, 0.15) is 30.1 Å². The number of hydrogen-bond donors (Lipinski definition) is 0. The SMILES string of the molecule is CCOC(=O)CN(CCOC)C(=O)c1ccc(N2CCCC2)c([N+](=O)[O-])c1. The molecule has 1 aromatic rings. The Morgan fingerprint density at radius 1 is 1.30 bits per heavy atom. The summed E-state index contributed by atoms with van der Waals surface area (Å²) >= 11 is 0. The van der Waals surface area contributed by atoms with Crippen molar-refractivity contribution in [3.05, 3.63) is 33.9 Å². The molecule has 0 unspecified atom stereocenters. The summed E-state index contributed by atoms with van der Waals surface area (Å²) in [6.07, 6.45) is 1.98. The summed E-state index contributed by atoms with van der Waals surface area (Å²) in [7, 11) is 1.49. The second-order valence-electron chi connectivity index (χ2n) is 6.18. The number of nitrogens with zero attached hydrogens (tertiary/aromatic N) is 3. The van der Waals surface area contributed by atoms with Crippen LogP contribution in [0.2, 0.25) is 0 Å². The third kappa shape index (κ3) is 5.40. The molecule has 9 heteroatoms. The van der Waals surface area contributed by atoms with Gasteiger partial charge in [-0.05, 0) is 31.9 Å². The molecular weight excluding hydrogens is 354 g/mol. The van der Waals surface area contributed by atoms with Gasteiger partial charge in [-0.15, -0.1) is 0 Å². The van der Waals surface area contributed by atoms with Gasteiger partial charge in [0.05, 0.1) is 18.1 Å². The van der Waals surface area contributed by atoms with Crippen LogP contribution in [0.25, 0.3) is 0 Å². The summed E-state index contributed by atoms with van der Waals surface area (Å²) in [5.41, 5.74) is 0.568. The number of esters is 1. The van der Waals surface area contributed by atoms with Crippen molar-refractivity contribution in [3.8, 4) is 0 Å². The van der Waals surface area contributed by atoms with E-state index in [1.54, 1.807) is 19.1 Å². The fourth-order valence-electron chi connectivity index (χ4n) is 3.03. The van der Waals surface area contributed by atoms with E-state index in [1.165, 1.54) is 18.1 Å². The molecule has 2 rings (SSSR count). The van der Waals surface area contributed by atoms with Gasteiger partial charge >= 0.3 is 5.97 Å². The molecule has 1 aromatic carbocycles. The van der Waals surface area contributed by atoms with Gasteiger partial charge in [-0.2, -0.15) is 0 Å². The first-order valence-corrected chi connectivity index (χ1v) is 8.95. The topological polar surface area (TPSA) is 102 Å². The Kier molecular flexibility index (Phi) is 7.54. The van der Waals surface area contributed by atoms with E-state index in [-0.39, 0.29) is 37.6 Å². The van der Waals surface area contributed by atoms with E-state index in [2.05, 4.69) is 0 Å². The van der Waals surface area contributed by atoms with Gasteiger partial charge in [0.15, 0.2) is 0 Å². The number of nitro benzene ring substituents is 1. The summed E-state index contributed by atoms with van der Waals surface area (Å²) in [4.78, 5) is 38.9. The maximum Gasteiger partial charge on any atom is 0.325 e. The first kappa shape index (κ1) is 20.6. The zero-order valence-corrected chi connectivity index (χ0v) is 15.7. The van der Waals surface area contributed by atoms with Crippen molar-refractivity contribution >= 4 is 23.3 Å². The minimum Gasteiger partial charge on any atom is -0.465 e. The smallest absolute Gasteiger partial charge is 0.325 e. The third-order valence-electron chi connectivity index (χ3n) is 4.34. The maximum atomic E-state index is 12.8. The predicted molar refractivity (Wildman–Crippen MR) is 99.0 cm³/mol. The largest absolute Gasteiger partial charge is 0.465 e. The maximum absolute atomic E-state index is 12.8. The van der Waals surface area contributed by atoms with Gasteiger partial charge in [0, 0.05) is 38.4 Å². The molecule has 0 atom stereocenters. The van der Waals surface area contributed by atoms with Crippen LogP contribution >= 0.6 is 0 Å². The van der Waals surface area contributed by atoms with Crippen molar-refractivity contribution in [2.75, 3.05) is 51.4 Å². The Labute approximate surface area is 158 Å². The zero-order chi connectivity index (χ0) is 19.8. The van der Waals surface area contributed by atoms with Crippen LogP contribution in [-0.4, -0.2) is 68.2 Å². The van der Waals surface area contributed by atoms with E-state index >= 15 is 0 Å². The molecule has 1 aliphatic heterocycles. The van der Waals surface area contributed by atoms with E-state index in [4.69, 9.17) is 9.47 Å². The average Bonchev–Trinajstić information content (AvgIpc) is 3.18. The quantitative estimate of drug-likeness (QED) is 0.366. The second kappa shape index (κ2) is 9.86. The minimum atomic E-state index is -0.537. The number of carbonyl (C=O) groups excluding carboxylic acids is 2. The van der Waals surface area contributed by atoms with Gasteiger partial charge in [0.1, 0.15) is 12.2 Å². The first-order chi connectivity index (χ1) is 13.0. The van der Waals surface area contributed by atoms with Gasteiger partial charge in [0.25, 0.3) is 11.6 Å². The molecule has 148 valence electrons. The van der Waals surface area contributed by atoms with Crippen LogP contribution in [0.5, 0.6) is 0 Å². The standard InChI is InChI=1S/C18H25N3O6/c1-3-27-17(22)13-20(10-11-26-2)18(23)14-6-7-15(16(12-14)21(24)25)19-8-4-5-9-19/h6-7,12H,3-5,8-11,13H2,1-2H3. The summed E-state index contributed by atoms with van der Waals surface area (Å²) in [5.74, 6) is -1.01. The van der Waals surface area contributed by atoms with E-state index in [0.29, 0.717) is 5.69 Å². The van der Waals surface area contributed by atoms with Gasteiger partial charge in [0.2, 0.25) is 0 Å². The number of benzene rings is 1. The highest BCUT2D eigenvalue weighted by Gasteiger charge is 2.26. The van der Waals surface area contributed by atoms with E-state index < -0.39 is 16.8 Å². The molecule has 1 aliphatic rings. The number of hydrogen-bond acceptors (Lipinski definition) is 7. The molecule has 0 radical (unpaired) electrons. The number of anilines is 1. The van der Waals surface area contributed by atoms with E-state index in [9.17, 15) is 19.7 Å². The number of amides is 1. The molecule has 0 spiro atoms. The molecule has 0 bridgehead atoms. The Morgan fingerprint density at radius 2 is 2.00 bits per heavy atom. The second-order valence-corrected chi connectivity index (χ2v) is 6.18. The van der Waals surface area contributed by atoms with Crippen LogP contribution in [0.15, 0.2) is 18.2 Å². The molecule has 9 nitrogen and oxygen atoms in total. The Hall–Kier alpha value is -2.68. The molecule has 0 N–H and O–H groups in total. The van der Waals surface area contributed by atoms with Crippen LogP contribution < -0.4 is 4.90 Å². The van der Waals surface area contributed by atoms with Gasteiger partial charge < -0.3 is 19.3 Å². The van der Waals surface area contributed by atoms with Crippen molar-refractivity contribution < 1.29 is 24.0 Å². The summed E-state index contributed by atoms with van der Waals surface area (Å²) in [5, 5.41) is 11.5. The number of methoxy groups -OCH3 is 1.